The van der Waals surface area contributed by atoms with E-state index in [-0.39, 0.29) is 11.3 Å². The van der Waals surface area contributed by atoms with Crippen molar-refractivity contribution in [3.63, 3.8) is 0 Å². The summed E-state index contributed by atoms with van der Waals surface area (Å²) >= 11 is 1.30. The third kappa shape index (κ3) is 5.00. The predicted molar refractivity (Wildman–Crippen MR) is 78.2 cm³/mol. The Labute approximate surface area is 117 Å². The summed E-state index contributed by atoms with van der Waals surface area (Å²) in [6.45, 7) is 4.80. The number of anilines is 1. The van der Waals surface area contributed by atoms with Crippen LogP contribution >= 0.6 is 11.3 Å². The number of nitrogens with one attached hydrogen (secondary N) is 1. The van der Waals surface area contributed by atoms with E-state index in [1.54, 1.807) is 11.4 Å². The molecular weight excluding hydrogens is 262 g/mol. The van der Waals surface area contributed by atoms with Gasteiger partial charge in [-0.05, 0) is 36.2 Å². The molecule has 0 aliphatic rings. The first-order chi connectivity index (χ1) is 8.85. The smallest absolute Gasteiger partial charge is 0.251 e. The molecular formula is C13H21N3O2S. The lowest BCUT2D eigenvalue weighted by atomic mass is 9.84. The molecule has 0 aliphatic heterocycles. The van der Waals surface area contributed by atoms with E-state index < -0.39 is 5.91 Å². The maximum Gasteiger partial charge on any atom is 0.251 e. The highest BCUT2D eigenvalue weighted by atomic mass is 32.1. The summed E-state index contributed by atoms with van der Waals surface area (Å²) in [5.41, 5.74) is 11.2. The summed E-state index contributed by atoms with van der Waals surface area (Å²) < 4.78 is 0. The SMILES string of the molecule is CC(C)(CCN)CCC(=O)Nc1sccc1C(N)=O. The summed E-state index contributed by atoms with van der Waals surface area (Å²) in [5.74, 6) is -0.630. The van der Waals surface area contributed by atoms with Gasteiger partial charge in [0.1, 0.15) is 5.00 Å². The van der Waals surface area contributed by atoms with Gasteiger partial charge in [0.25, 0.3) is 5.91 Å². The fraction of sp³-hybridized carbons (Fsp3) is 0.538. The number of rotatable bonds is 7. The number of amides is 2. The summed E-state index contributed by atoms with van der Waals surface area (Å²) in [6, 6.07) is 1.61. The van der Waals surface area contributed by atoms with E-state index >= 15 is 0 Å². The average Bonchev–Trinajstić information content (AvgIpc) is 2.75. The molecule has 0 fully saturated rings. The Morgan fingerprint density at radius 3 is 2.63 bits per heavy atom. The molecule has 106 valence electrons. The second-order valence-electron chi connectivity index (χ2n) is 5.28. The van der Waals surface area contributed by atoms with Crippen molar-refractivity contribution in [1.29, 1.82) is 0 Å². The number of hydrogen-bond donors (Lipinski definition) is 3. The van der Waals surface area contributed by atoms with E-state index in [0.717, 1.165) is 12.8 Å². The van der Waals surface area contributed by atoms with E-state index in [9.17, 15) is 9.59 Å². The van der Waals surface area contributed by atoms with Crippen LogP contribution in [0.2, 0.25) is 0 Å². The molecule has 1 rings (SSSR count). The zero-order chi connectivity index (χ0) is 14.5. The number of hydrogen-bond acceptors (Lipinski definition) is 4. The number of primary amides is 1. The molecule has 2 amide bonds. The predicted octanol–water partition coefficient (Wildman–Crippen LogP) is 1.94. The first-order valence-electron chi connectivity index (χ1n) is 6.23. The number of nitrogens with two attached hydrogens (primary N) is 2. The van der Waals surface area contributed by atoms with Crippen molar-refractivity contribution >= 4 is 28.2 Å². The molecule has 0 radical (unpaired) electrons. The van der Waals surface area contributed by atoms with Crippen LogP contribution in [0.15, 0.2) is 11.4 Å². The van der Waals surface area contributed by atoms with Gasteiger partial charge >= 0.3 is 0 Å². The minimum atomic E-state index is -0.528. The number of carbonyl (C=O) groups excluding carboxylic acids is 2. The molecule has 1 aromatic heterocycles. The highest BCUT2D eigenvalue weighted by molar-refractivity contribution is 7.14. The molecule has 0 unspecified atom stereocenters. The van der Waals surface area contributed by atoms with Crippen LogP contribution in [0.25, 0.3) is 0 Å². The number of carbonyl (C=O) groups is 2. The Morgan fingerprint density at radius 1 is 1.37 bits per heavy atom. The first kappa shape index (κ1) is 15.7. The third-order valence-electron chi connectivity index (χ3n) is 3.03. The summed E-state index contributed by atoms with van der Waals surface area (Å²) in [5, 5.41) is 4.99. The summed E-state index contributed by atoms with van der Waals surface area (Å²) in [6.07, 6.45) is 2.04. The van der Waals surface area contributed by atoms with Crippen molar-refractivity contribution in [1.82, 2.24) is 0 Å². The van der Waals surface area contributed by atoms with Gasteiger partial charge in [0.05, 0.1) is 5.56 Å². The Hall–Kier alpha value is -1.40. The molecule has 0 bridgehead atoms. The van der Waals surface area contributed by atoms with Gasteiger partial charge in [-0.1, -0.05) is 13.8 Å². The van der Waals surface area contributed by atoms with Crippen LogP contribution in [0, 0.1) is 5.41 Å². The molecule has 0 atom stereocenters. The van der Waals surface area contributed by atoms with Gasteiger partial charge in [-0.15, -0.1) is 11.3 Å². The van der Waals surface area contributed by atoms with E-state index in [2.05, 4.69) is 19.2 Å². The second kappa shape index (κ2) is 6.68. The van der Waals surface area contributed by atoms with E-state index in [1.807, 2.05) is 0 Å². The second-order valence-corrected chi connectivity index (χ2v) is 6.19. The van der Waals surface area contributed by atoms with Gasteiger partial charge < -0.3 is 16.8 Å². The lowest BCUT2D eigenvalue weighted by molar-refractivity contribution is -0.116. The van der Waals surface area contributed by atoms with Crippen molar-refractivity contribution in [2.45, 2.75) is 33.1 Å². The highest BCUT2D eigenvalue weighted by Crippen LogP contribution is 2.27. The fourth-order valence-electron chi connectivity index (χ4n) is 1.76. The molecule has 1 aromatic rings. The quantitative estimate of drug-likeness (QED) is 0.713. The van der Waals surface area contributed by atoms with Gasteiger partial charge in [-0.25, -0.2) is 0 Å². The van der Waals surface area contributed by atoms with E-state index in [0.29, 0.717) is 23.5 Å². The van der Waals surface area contributed by atoms with Crippen molar-refractivity contribution in [3.05, 3.63) is 17.0 Å². The normalized spacial score (nSPS) is 11.3. The molecule has 1 heterocycles. The fourth-order valence-corrected chi connectivity index (χ4v) is 2.57. The maximum absolute atomic E-state index is 11.8. The molecule has 0 spiro atoms. The Morgan fingerprint density at radius 2 is 2.05 bits per heavy atom. The maximum atomic E-state index is 11.8. The standard InChI is InChI=1S/C13H21N3O2S/c1-13(2,6-7-14)5-3-10(17)16-12-9(11(15)18)4-8-19-12/h4,8H,3,5-7,14H2,1-2H3,(H2,15,18)(H,16,17). The largest absolute Gasteiger partial charge is 0.366 e. The zero-order valence-corrected chi connectivity index (χ0v) is 12.2. The van der Waals surface area contributed by atoms with E-state index in [4.69, 9.17) is 11.5 Å². The summed E-state index contributed by atoms with van der Waals surface area (Å²) in [4.78, 5) is 23.0. The Kier molecular flexibility index (Phi) is 5.50. The molecule has 0 saturated carbocycles. The topological polar surface area (TPSA) is 98.2 Å². The monoisotopic (exact) mass is 283 g/mol. The minimum Gasteiger partial charge on any atom is -0.366 e. The van der Waals surface area contributed by atoms with Crippen molar-refractivity contribution in [3.8, 4) is 0 Å². The van der Waals surface area contributed by atoms with Crippen LogP contribution in [-0.2, 0) is 4.79 Å². The molecule has 0 aromatic carbocycles. The molecule has 19 heavy (non-hydrogen) atoms. The van der Waals surface area contributed by atoms with Crippen LogP contribution in [0.5, 0.6) is 0 Å². The first-order valence-corrected chi connectivity index (χ1v) is 7.11. The number of thiophene rings is 1. The zero-order valence-electron chi connectivity index (χ0n) is 11.4. The Bertz CT molecular complexity index is 454. The van der Waals surface area contributed by atoms with Gasteiger partial charge in [0.15, 0.2) is 0 Å². The van der Waals surface area contributed by atoms with Crippen LogP contribution < -0.4 is 16.8 Å². The van der Waals surface area contributed by atoms with Gasteiger partial charge in [-0.2, -0.15) is 0 Å². The van der Waals surface area contributed by atoms with Crippen LogP contribution in [0.1, 0.15) is 43.5 Å². The van der Waals surface area contributed by atoms with Crippen LogP contribution in [-0.4, -0.2) is 18.4 Å². The minimum absolute atomic E-state index is 0.0497. The molecule has 5 N–H and O–H groups in total. The average molecular weight is 283 g/mol. The lowest BCUT2D eigenvalue weighted by Crippen LogP contribution is -2.21. The lowest BCUT2D eigenvalue weighted by Gasteiger charge is -2.23. The molecule has 6 heteroatoms. The van der Waals surface area contributed by atoms with Gasteiger partial charge in [0, 0.05) is 6.42 Å². The van der Waals surface area contributed by atoms with Crippen molar-refractivity contribution in [2.24, 2.45) is 16.9 Å². The molecule has 0 saturated heterocycles. The van der Waals surface area contributed by atoms with E-state index in [1.165, 1.54) is 11.3 Å². The highest BCUT2D eigenvalue weighted by Gasteiger charge is 2.19. The Balaban J connectivity index is 2.52. The van der Waals surface area contributed by atoms with Gasteiger partial charge in [0.2, 0.25) is 5.91 Å². The van der Waals surface area contributed by atoms with Gasteiger partial charge in [-0.3, -0.25) is 9.59 Å². The third-order valence-corrected chi connectivity index (χ3v) is 3.86. The molecule has 0 aliphatic carbocycles. The van der Waals surface area contributed by atoms with Crippen molar-refractivity contribution in [2.75, 3.05) is 11.9 Å². The van der Waals surface area contributed by atoms with Crippen LogP contribution in [0.3, 0.4) is 0 Å². The van der Waals surface area contributed by atoms with Crippen molar-refractivity contribution < 1.29 is 9.59 Å². The summed E-state index contributed by atoms with van der Waals surface area (Å²) in [7, 11) is 0. The molecule has 5 nitrogen and oxygen atoms in total. The van der Waals surface area contributed by atoms with Crippen LogP contribution in [0.4, 0.5) is 5.00 Å².